The molecule has 0 saturated heterocycles. The lowest BCUT2D eigenvalue weighted by Gasteiger charge is -2.21. The maximum Gasteiger partial charge on any atom is 0.251 e. The molecule has 0 radical (unpaired) electrons. The summed E-state index contributed by atoms with van der Waals surface area (Å²) in [5.41, 5.74) is 1.56. The summed E-state index contributed by atoms with van der Waals surface area (Å²) in [6.07, 6.45) is 0. The molecule has 1 N–H and O–H groups in total. The number of carbonyl (C=O) groups is 2. The molecular formula is C19H20N2O4. The van der Waals surface area contributed by atoms with Crippen molar-refractivity contribution >= 4 is 11.8 Å². The zero-order chi connectivity index (χ0) is 17.6. The molecule has 0 aromatic heterocycles. The highest BCUT2D eigenvalue weighted by molar-refractivity contribution is 5.94. The predicted molar refractivity (Wildman–Crippen MR) is 92.4 cm³/mol. The van der Waals surface area contributed by atoms with E-state index in [-0.39, 0.29) is 18.6 Å². The molecule has 25 heavy (non-hydrogen) atoms. The van der Waals surface area contributed by atoms with E-state index in [1.807, 2.05) is 36.4 Å². The van der Waals surface area contributed by atoms with Gasteiger partial charge >= 0.3 is 0 Å². The number of benzene rings is 2. The zero-order valence-corrected chi connectivity index (χ0v) is 14.0. The zero-order valence-electron chi connectivity index (χ0n) is 14.0. The smallest absolute Gasteiger partial charge is 0.251 e. The van der Waals surface area contributed by atoms with Crippen molar-refractivity contribution in [3.63, 3.8) is 0 Å². The van der Waals surface area contributed by atoms with Gasteiger partial charge in [0, 0.05) is 32.1 Å². The lowest BCUT2D eigenvalue weighted by molar-refractivity contribution is -0.129. The van der Waals surface area contributed by atoms with E-state index in [9.17, 15) is 9.59 Å². The molecule has 1 aliphatic rings. The first-order valence-electron chi connectivity index (χ1n) is 8.11. The van der Waals surface area contributed by atoms with Crippen LogP contribution in [-0.2, 0) is 11.3 Å². The molecule has 6 heteroatoms. The van der Waals surface area contributed by atoms with Crippen molar-refractivity contribution in [2.24, 2.45) is 0 Å². The highest BCUT2D eigenvalue weighted by Crippen LogP contribution is 2.32. The molecule has 0 aliphatic carbocycles. The van der Waals surface area contributed by atoms with Gasteiger partial charge in [0.2, 0.25) is 12.7 Å². The van der Waals surface area contributed by atoms with Crippen LogP contribution in [0.4, 0.5) is 0 Å². The Kier molecular flexibility index (Phi) is 5.18. The second kappa shape index (κ2) is 7.70. The summed E-state index contributed by atoms with van der Waals surface area (Å²) < 4.78 is 10.6. The van der Waals surface area contributed by atoms with Gasteiger partial charge in [-0.2, -0.15) is 0 Å². The van der Waals surface area contributed by atoms with Crippen LogP contribution in [0.1, 0.15) is 22.8 Å². The monoisotopic (exact) mass is 340 g/mol. The predicted octanol–water partition coefficient (Wildman–Crippen LogP) is 2.19. The van der Waals surface area contributed by atoms with E-state index in [0.29, 0.717) is 36.7 Å². The Morgan fingerprint density at radius 3 is 2.60 bits per heavy atom. The summed E-state index contributed by atoms with van der Waals surface area (Å²) in [4.78, 5) is 25.6. The van der Waals surface area contributed by atoms with Gasteiger partial charge in [0.1, 0.15) is 0 Å². The van der Waals surface area contributed by atoms with Gasteiger partial charge in [-0.25, -0.2) is 0 Å². The van der Waals surface area contributed by atoms with Crippen LogP contribution in [0.25, 0.3) is 0 Å². The molecule has 6 nitrogen and oxygen atoms in total. The third-order valence-electron chi connectivity index (χ3n) is 3.96. The molecule has 2 amide bonds. The highest BCUT2D eigenvalue weighted by Gasteiger charge is 2.16. The van der Waals surface area contributed by atoms with Crippen LogP contribution in [0.3, 0.4) is 0 Å². The van der Waals surface area contributed by atoms with Crippen molar-refractivity contribution in [2.75, 3.05) is 19.9 Å². The molecule has 0 atom stereocenters. The first kappa shape index (κ1) is 16.8. The topological polar surface area (TPSA) is 67.9 Å². The standard InChI is InChI=1S/C19H20N2O4/c1-14(22)21(10-9-20-19(23)16-5-3-2-4-6-16)12-15-7-8-17-18(11-15)25-13-24-17/h2-8,11H,9-10,12-13H2,1H3,(H,20,23). The average Bonchev–Trinajstić information content (AvgIpc) is 3.09. The van der Waals surface area contributed by atoms with Gasteiger partial charge in [0.15, 0.2) is 11.5 Å². The number of nitrogens with one attached hydrogen (secondary N) is 1. The lowest BCUT2D eigenvalue weighted by Crippen LogP contribution is -2.37. The van der Waals surface area contributed by atoms with Gasteiger partial charge in [0.05, 0.1) is 0 Å². The summed E-state index contributed by atoms with van der Waals surface area (Å²) in [6, 6.07) is 14.6. The van der Waals surface area contributed by atoms with Gasteiger partial charge in [-0.15, -0.1) is 0 Å². The van der Waals surface area contributed by atoms with E-state index in [0.717, 1.165) is 5.56 Å². The van der Waals surface area contributed by atoms with Crippen LogP contribution in [0.15, 0.2) is 48.5 Å². The van der Waals surface area contributed by atoms with Gasteiger partial charge in [0.25, 0.3) is 5.91 Å². The van der Waals surface area contributed by atoms with Crippen molar-refractivity contribution < 1.29 is 19.1 Å². The third kappa shape index (κ3) is 4.29. The molecule has 2 aromatic carbocycles. The number of nitrogens with zero attached hydrogens (tertiary/aromatic N) is 1. The van der Waals surface area contributed by atoms with E-state index < -0.39 is 0 Å². The minimum atomic E-state index is -0.146. The Labute approximate surface area is 146 Å². The molecule has 2 aromatic rings. The summed E-state index contributed by atoms with van der Waals surface area (Å²) in [5.74, 6) is 1.21. The number of fused-ring (bicyclic) bond motifs is 1. The number of hydrogen-bond donors (Lipinski definition) is 1. The number of rotatable bonds is 6. The number of carbonyl (C=O) groups excluding carboxylic acids is 2. The van der Waals surface area contributed by atoms with Gasteiger partial charge in [-0.3, -0.25) is 9.59 Å². The van der Waals surface area contributed by atoms with Crippen molar-refractivity contribution in [3.05, 3.63) is 59.7 Å². The minimum Gasteiger partial charge on any atom is -0.454 e. The van der Waals surface area contributed by atoms with Crippen LogP contribution in [-0.4, -0.2) is 36.6 Å². The quantitative estimate of drug-likeness (QED) is 0.875. The van der Waals surface area contributed by atoms with Gasteiger partial charge in [-0.05, 0) is 29.8 Å². The fraction of sp³-hybridized carbons (Fsp3) is 0.263. The molecule has 1 heterocycles. The van der Waals surface area contributed by atoms with E-state index in [1.165, 1.54) is 6.92 Å². The van der Waals surface area contributed by atoms with E-state index in [4.69, 9.17) is 9.47 Å². The molecule has 130 valence electrons. The van der Waals surface area contributed by atoms with Crippen LogP contribution >= 0.6 is 0 Å². The second-order valence-corrected chi connectivity index (χ2v) is 5.75. The largest absolute Gasteiger partial charge is 0.454 e. The summed E-state index contributed by atoms with van der Waals surface area (Å²) in [5, 5.41) is 2.83. The molecule has 1 aliphatic heterocycles. The van der Waals surface area contributed by atoms with Crippen LogP contribution < -0.4 is 14.8 Å². The van der Waals surface area contributed by atoms with Crippen molar-refractivity contribution in [2.45, 2.75) is 13.5 Å². The Hall–Kier alpha value is -3.02. The Balaban J connectivity index is 1.55. The molecule has 3 rings (SSSR count). The number of ether oxygens (including phenoxy) is 2. The fourth-order valence-electron chi connectivity index (χ4n) is 2.60. The molecule has 0 saturated carbocycles. The van der Waals surface area contributed by atoms with Crippen LogP contribution in [0.2, 0.25) is 0 Å². The van der Waals surface area contributed by atoms with Crippen molar-refractivity contribution in [1.82, 2.24) is 10.2 Å². The average molecular weight is 340 g/mol. The van der Waals surface area contributed by atoms with Gasteiger partial charge < -0.3 is 19.7 Å². The summed E-state index contributed by atoms with van der Waals surface area (Å²) in [7, 11) is 0. The summed E-state index contributed by atoms with van der Waals surface area (Å²) in [6.45, 7) is 3.01. The van der Waals surface area contributed by atoms with E-state index in [1.54, 1.807) is 17.0 Å². The Morgan fingerprint density at radius 1 is 1.08 bits per heavy atom. The Bertz CT molecular complexity index is 761. The first-order chi connectivity index (χ1) is 12.1. The number of hydrogen-bond acceptors (Lipinski definition) is 4. The molecule has 0 unspecified atom stereocenters. The second-order valence-electron chi connectivity index (χ2n) is 5.75. The SMILES string of the molecule is CC(=O)N(CCNC(=O)c1ccccc1)Cc1ccc2c(c1)OCO2. The first-order valence-corrected chi connectivity index (χ1v) is 8.11. The number of amides is 2. The fourth-order valence-corrected chi connectivity index (χ4v) is 2.60. The molecular weight excluding hydrogens is 320 g/mol. The normalized spacial score (nSPS) is 11.9. The molecule has 0 spiro atoms. The van der Waals surface area contributed by atoms with Crippen molar-refractivity contribution in [3.8, 4) is 11.5 Å². The van der Waals surface area contributed by atoms with Crippen molar-refractivity contribution in [1.29, 1.82) is 0 Å². The van der Waals surface area contributed by atoms with E-state index >= 15 is 0 Å². The molecule has 0 bridgehead atoms. The lowest BCUT2D eigenvalue weighted by atomic mass is 10.2. The molecule has 0 fully saturated rings. The Morgan fingerprint density at radius 2 is 1.84 bits per heavy atom. The third-order valence-corrected chi connectivity index (χ3v) is 3.96. The minimum absolute atomic E-state index is 0.0494. The maximum atomic E-state index is 12.0. The van der Waals surface area contributed by atoms with Crippen LogP contribution in [0.5, 0.6) is 11.5 Å². The summed E-state index contributed by atoms with van der Waals surface area (Å²) >= 11 is 0. The van der Waals surface area contributed by atoms with Crippen LogP contribution in [0, 0.1) is 0 Å². The maximum absolute atomic E-state index is 12.0. The van der Waals surface area contributed by atoms with Gasteiger partial charge in [-0.1, -0.05) is 24.3 Å². The highest BCUT2D eigenvalue weighted by atomic mass is 16.7. The van der Waals surface area contributed by atoms with E-state index in [2.05, 4.69) is 5.32 Å².